The average molecular weight is 425 g/mol. The van der Waals surface area contributed by atoms with Crippen LogP contribution in [0.25, 0.3) is 0 Å². The topological polar surface area (TPSA) is 112 Å². The molecule has 1 unspecified atom stereocenters. The maximum absolute atomic E-state index is 12.8. The van der Waals surface area contributed by atoms with E-state index in [1.807, 2.05) is 32.0 Å². The number of carboxylic acids is 1. The monoisotopic (exact) mass is 424 g/mol. The van der Waals surface area contributed by atoms with Crippen LogP contribution >= 0.6 is 0 Å². The number of carboxylic acid groups (broad SMARTS) is 1. The van der Waals surface area contributed by atoms with Gasteiger partial charge in [0.25, 0.3) is 5.91 Å². The van der Waals surface area contributed by atoms with Gasteiger partial charge in [-0.2, -0.15) is 0 Å². The lowest BCUT2D eigenvalue weighted by Gasteiger charge is -2.27. The number of benzene rings is 1. The first-order valence-electron chi connectivity index (χ1n) is 10.4. The number of amides is 2. The maximum Gasteiger partial charge on any atom is 0.305 e. The lowest BCUT2D eigenvalue weighted by molar-refractivity contribution is -0.142. The van der Waals surface area contributed by atoms with Gasteiger partial charge in [0.2, 0.25) is 5.91 Å². The average Bonchev–Trinajstić information content (AvgIpc) is 2.87. The first-order valence-corrected chi connectivity index (χ1v) is 10.4. The van der Waals surface area contributed by atoms with Crippen LogP contribution in [0.4, 0.5) is 5.69 Å². The quantitative estimate of drug-likeness (QED) is 0.561. The van der Waals surface area contributed by atoms with Gasteiger partial charge in [0.15, 0.2) is 0 Å². The third-order valence-corrected chi connectivity index (χ3v) is 5.30. The number of carbonyl (C=O) groups is 3. The van der Waals surface area contributed by atoms with E-state index in [9.17, 15) is 19.5 Å². The van der Waals surface area contributed by atoms with E-state index in [0.29, 0.717) is 24.3 Å². The van der Waals surface area contributed by atoms with Crippen LogP contribution in [0.3, 0.4) is 0 Å². The van der Waals surface area contributed by atoms with E-state index in [-0.39, 0.29) is 24.3 Å². The summed E-state index contributed by atoms with van der Waals surface area (Å²) < 4.78 is 0. The number of aliphatic carboxylic acids is 1. The van der Waals surface area contributed by atoms with Crippen LogP contribution in [0.15, 0.2) is 42.7 Å². The molecule has 0 fully saturated rings. The number of hydrogen-bond donors (Lipinski definition) is 3. The van der Waals surface area contributed by atoms with Gasteiger partial charge in [-0.25, -0.2) is 0 Å². The van der Waals surface area contributed by atoms with E-state index >= 15 is 0 Å². The molecule has 1 aromatic carbocycles. The highest BCUT2D eigenvalue weighted by Crippen LogP contribution is 2.26. The predicted octanol–water partition coefficient (Wildman–Crippen LogP) is 2.45. The van der Waals surface area contributed by atoms with E-state index in [4.69, 9.17) is 0 Å². The number of hydrogen-bond acceptors (Lipinski definition) is 5. The normalized spacial score (nSPS) is 15.8. The summed E-state index contributed by atoms with van der Waals surface area (Å²) in [6, 6.07) is 8.21. The predicted molar refractivity (Wildman–Crippen MR) is 117 cm³/mol. The van der Waals surface area contributed by atoms with Crippen LogP contribution in [-0.2, 0) is 22.6 Å². The molecule has 0 radical (unpaired) electrons. The molecule has 1 aliphatic rings. The Morgan fingerprint density at radius 3 is 2.68 bits per heavy atom. The number of fused-ring (bicyclic) bond motifs is 1. The van der Waals surface area contributed by atoms with Crippen molar-refractivity contribution < 1.29 is 19.5 Å². The molecule has 1 atom stereocenters. The molecule has 2 amide bonds. The first kappa shape index (κ1) is 22.3. The zero-order chi connectivity index (χ0) is 22.4. The van der Waals surface area contributed by atoms with E-state index in [2.05, 4.69) is 15.6 Å². The molecule has 164 valence electrons. The summed E-state index contributed by atoms with van der Waals surface area (Å²) in [7, 11) is 0. The van der Waals surface area contributed by atoms with Crippen LogP contribution in [0.5, 0.6) is 0 Å². The molecule has 8 heteroatoms. The molecule has 8 nitrogen and oxygen atoms in total. The molecule has 0 saturated carbocycles. The fourth-order valence-electron chi connectivity index (χ4n) is 3.60. The number of nitrogens with zero attached hydrogens (tertiary/aromatic N) is 2. The second-order valence-electron chi connectivity index (χ2n) is 7.94. The van der Waals surface area contributed by atoms with Gasteiger partial charge in [0.1, 0.15) is 6.04 Å². The number of nitrogens with one attached hydrogen (secondary N) is 2. The largest absolute Gasteiger partial charge is 0.481 e. The Balaban J connectivity index is 1.68. The van der Waals surface area contributed by atoms with Gasteiger partial charge < -0.3 is 20.6 Å². The van der Waals surface area contributed by atoms with E-state index in [1.54, 1.807) is 29.4 Å². The van der Waals surface area contributed by atoms with Gasteiger partial charge in [-0.15, -0.1) is 0 Å². The minimum Gasteiger partial charge on any atom is -0.481 e. The minimum absolute atomic E-state index is 0.0695. The molecule has 2 heterocycles. The smallest absolute Gasteiger partial charge is 0.305 e. The summed E-state index contributed by atoms with van der Waals surface area (Å²) in [5.41, 5.74) is 3.10. The van der Waals surface area contributed by atoms with Gasteiger partial charge in [0.05, 0.1) is 6.42 Å². The SMILES string of the molecule is CC(C)N1Cc2ccc(C(=O)NCCCc3ccncc3)cc2NC(CC(=O)O)C1=O. The Kier molecular flexibility index (Phi) is 7.23. The summed E-state index contributed by atoms with van der Waals surface area (Å²) in [5.74, 6) is -1.51. The zero-order valence-corrected chi connectivity index (χ0v) is 17.8. The summed E-state index contributed by atoms with van der Waals surface area (Å²) in [5, 5.41) is 15.2. The van der Waals surface area contributed by atoms with Crippen molar-refractivity contribution in [2.45, 2.75) is 51.7 Å². The third-order valence-electron chi connectivity index (χ3n) is 5.30. The Morgan fingerprint density at radius 2 is 2.00 bits per heavy atom. The number of pyridine rings is 1. The zero-order valence-electron chi connectivity index (χ0n) is 17.8. The fourth-order valence-corrected chi connectivity index (χ4v) is 3.60. The van der Waals surface area contributed by atoms with Crippen molar-refractivity contribution in [3.8, 4) is 0 Å². The molecule has 2 aromatic rings. The van der Waals surface area contributed by atoms with Crippen molar-refractivity contribution >= 4 is 23.5 Å². The highest BCUT2D eigenvalue weighted by Gasteiger charge is 2.32. The van der Waals surface area contributed by atoms with Crippen LogP contribution < -0.4 is 10.6 Å². The highest BCUT2D eigenvalue weighted by molar-refractivity contribution is 5.96. The van der Waals surface area contributed by atoms with Crippen molar-refractivity contribution in [3.05, 3.63) is 59.4 Å². The molecule has 3 N–H and O–H groups in total. The Hall–Kier alpha value is -3.42. The van der Waals surface area contributed by atoms with Crippen LogP contribution in [0.2, 0.25) is 0 Å². The Bertz CT molecular complexity index is 946. The van der Waals surface area contributed by atoms with Gasteiger partial charge in [-0.3, -0.25) is 19.4 Å². The van der Waals surface area contributed by atoms with E-state index in [0.717, 1.165) is 18.4 Å². The number of aryl methyl sites for hydroxylation is 1. The Morgan fingerprint density at radius 1 is 1.26 bits per heavy atom. The number of anilines is 1. The number of carbonyl (C=O) groups excluding carboxylic acids is 2. The highest BCUT2D eigenvalue weighted by atomic mass is 16.4. The van der Waals surface area contributed by atoms with Gasteiger partial charge in [-0.05, 0) is 62.1 Å². The summed E-state index contributed by atoms with van der Waals surface area (Å²) >= 11 is 0. The standard InChI is InChI=1S/C23H28N4O4/c1-15(2)27-14-18-6-5-17(12-19(18)26-20(23(27)31)13-21(28)29)22(30)25-9-3-4-16-7-10-24-11-8-16/h5-8,10-12,15,20,26H,3-4,9,13-14H2,1-2H3,(H,25,30)(H,28,29). The molecule has 0 saturated heterocycles. The first-order chi connectivity index (χ1) is 14.8. The molecule has 3 rings (SSSR count). The second kappa shape index (κ2) is 10.1. The fraction of sp³-hybridized carbons (Fsp3) is 0.391. The minimum atomic E-state index is -1.05. The van der Waals surface area contributed by atoms with Crippen molar-refractivity contribution in [1.29, 1.82) is 0 Å². The van der Waals surface area contributed by atoms with Gasteiger partial charge in [0, 0.05) is 42.8 Å². The van der Waals surface area contributed by atoms with Crippen molar-refractivity contribution in [3.63, 3.8) is 0 Å². The molecule has 0 bridgehead atoms. The van der Waals surface area contributed by atoms with Crippen molar-refractivity contribution in [2.24, 2.45) is 0 Å². The van der Waals surface area contributed by atoms with Gasteiger partial charge >= 0.3 is 5.97 Å². The third kappa shape index (κ3) is 5.81. The molecule has 31 heavy (non-hydrogen) atoms. The number of rotatable bonds is 8. The molecular weight excluding hydrogens is 396 g/mol. The number of aromatic nitrogens is 1. The molecular formula is C23H28N4O4. The van der Waals surface area contributed by atoms with E-state index < -0.39 is 12.0 Å². The Labute approximate surface area is 181 Å². The summed E-state index contributed by atoms with van der Waals surface area (Å²) in [6.45, 7) is 4.69. The van der Waals surface area contributed by atoms with E-state index in [1.165, 1.54) is 5.56 Å². The molecule has 1 aliphatic heterocycles. The molecule has 1 aromatic heterocycles. The summed E-state index contributed by atoms with van der Waals surface area (Å²) in [4.78, 5) is 42.3. The second-order valence-corrected chi connectivity index (χ2v) is 7.94. The lowest BCUT2D eigenvalue weighted by Crippen LogP contribution is -2.44. The maximum atomic E-state index is 12.8. The van der Waals surface area contributed by atoms with Crippen LogP contribution in [0.1, 0.15) is 48.2 Å². The van der Waals surface area contributed by atoms with Gasteiger partial charge in [-0.1, -0.05) is 6.07 Å². The van der Waals surface area contributed by atoms with Crippen LogP contribution in [0, 0.1) is 0 Å². The summed E-state index contributed by atoms with van der Waals surface area (Å²) in [6.07, 6.45) is 4.82. The van der Waals surface area contributed by atoms with Crippen molar-refractivity contribution in [1.82, 2.24) is 15.2 Å². The van der Waals surface area contributed by atoms with Crippen molar-refractivity contribution in [2.75, 3.05) is 11.9 Å². The van der Waals surface area contributed by atoms with Crippen LogP contribution in [-0.4, -0.2) is 51.4 Å². The molecule has 0 spiro atoms. The molecule has 0 aliphatic carbocycles. The lowest BCUT2D eigenvalue weighted by atomic mass is 10.1.